The van der Waals surface area contributed by atoms with Crippen molar-refractivity contribution in [2.75, 3.05) is 25.1 Å². The molecular weight excluding hydrogens is 419 g/mol. The number of nitrogens with two attached hydrogens (primary N) is 2. The van der Waals surface area contributed by atoms with E-state index in [-0.39, 0.29) is 11.5 Å². The van der Waals surface area contributed by atoms with Crippen LogP contribution in [0, 0.1) is 0 Å². The van der Waals surface area contributed by atoms with Gasteiger partial charge in [-0.25, -0.2) is 4.98 Å². The lowest BCUT2D eigenvalue weighted by molar-refractivity contribution is 0.132. The zero-order valence-corrected chi connectivity index (χ0v) is 16.9. The van der Waals surface area contributed by atoms with E-state index in [1.54, 1.807) is 16.8 Å². The van der Waals surface area contributed by atoms with Crippen LogP contribution in [-0.2, 0) is 17.8 Å². The molecule has 3 aromatic rings. The normalized spacial score (nSPS) is 11.0. The Labute approximate surface area is 175 Å². The summed E-state index contributed by atoms with van der Waals surface area (Å²) in [6, 6.07) is 5.30. The van der Waals surface area contributed by atoms with E-state index >= 15 is 0 Å². The Morgan fingerprint density at radius 1 is 1.28 bits per heavy atom. The van der Waals surface area contributed by atoms with Gasteiger partial charge in [0.1, 0.15) is 5.52 Å². The first-order valence-corrected chi connectivity index (χ1v) is 9.46. The second-order valence-corrected chi connectivity index (χ2v) is 6.85. The molecule has 6 N–H and O–H groups in total. The van der Waals surface area contributed by atoms with E-state index in [2.05, 4.69) is 25.4 Å². The molecule has 0 spiro atoms. The summed E-state index contributed by atoms with van der Waals surface area (Å²) in [5.41, 5.74) is 11.9. The van der Waals surface area contributed by atoms with Crippen molar-refractivity contribution in [3.63, 3.8) is 0 Å². The number of guanidine groups is 1. The molecule has 1 aromatic carbocycles. The molecule has 10 nitrogen and oxygen atoms in total. The Morgan fingerprint density at radius 2 is 2.10 bits per heavy atom. The SMILES string of the molecule is NC(N)=NCCOCCn1ncc2nc(NCc3ccc(Cl)c(Cl)c3)[nH]c(=O)c21. The highest BCUT2D eigenvalue weighted by Crippen LogP contribution is 2.22. The molecule has 0 bridgehead atoms. The summed E-state index contributed by atoms with van der Waals surface area (Å²) in [5.74, 6) is 0.356. The first kappa shape index (κ1) is 20.9. The lowest BCUT2D eigenvalue weighted by atomic mass is 10.2. The molecule has 0 fully saturated rings. The fourth-order valence-electron chi connectivity index (χ4n) is 2.59. The van der Waals surface area contributed by atoms with Gasteiger partial charge in [-0.2, -0.15) is 5.10 Å². The van der Waals surface area contributed by atoms with Crippen molar-refractivity contribution in [1.29, 1.82) is 0 Å². The van der Waals surface area contributed by atoms with E-state index in [9.17, 15) is 4.79 Å². The third-order valence-electron chi connectivity index (χ3n) is 3.92. The third kappa shape index (κ3) is 5.59. The molecule has 0 atom stereocenters. The second kappa shape index (κ2) is 9.59. The number of benzene rings is 1. The van der Waals surface area contributed by atoms with Crippen LogP contribution in [0.4, 0.5) is 5.95 Å². The first-order valence-electron chi connectivity index (χ1n) is 8.71. The Balaban J connectivity index is 1.62. The lowest BCUT2D eigenvalue weighted by Crippen LogP contribution is -2.23. The second-order valence-electron chi connectivity index (χ2n) is 6.04. The summed E-state index contributed by atoms with van der Waals surface area (Å²) in [6.45, 7) is 1.91. The number of nitrogens with zero attached hydrogens (tertiary/aromatic N) is 4. The molecule has 0 aliphatic heterocycles. The van der Waals surface area contributed by atoms with E-state index in [4.69, 9.17) is 39.4 Å². The van der Waals surface area contributed by atoms with Gasteiger partial charge >= 0.3 is 0 Å². The topological polar surface area (TPSA) is 149 Å². The minimum Gasteiger partial charge on any atom is -0.378 e. The van der Waals surface area contributed by atoms with Gasteiger partial charge in [0.15, 0.2) is 11.5 Å². The van der Waals surface area contributed by atoms with Gasteiger partial charge in [-0.05, 0) is 17.7 Å². The molecule has 2 heterocycles. The quantitative estimate of drug-likeness (QED) is 0.223. The Kier molecular flexibility index (Phi) is 6.91. The third-order valence-corrected chi connectivity index (χ3v) is 4.66. The van der Waals surface area contributed by atoms with Crippen LogP contribution in [0.15, 0.2) is 34.2 Å². The summed E-state index contributed by atoms with van der Waals surface area (Å²) in [5, 5.41) is 8.22. The van der Waals surface area contributed by atoms with Crippen LogP contribution in [0.1, 0.15) is 5.56 Å². The number of aromatic nitrogens is 4. The van der Waals surface area contributed by atoms with Crippen molar-refractivity contribution in [3.8, 4) is 0 Å². The maximum Gasteiger partial charge on any atom is 0.278 e. The minimum atomic E-state index is -0.301. The molecule has 0 aliphatic rings. The molecule has 0 aliphatic carbocycles. The molecule has 0 saturated carbocycles. The maximum atomic E-state index is 12.5. The summed E-state index contributed by atoms with van der Waals surface area (Å²) in [4.78, 5) is 23.4. The van der Waals surface area contributed by atoms with Gasteiger partial charge in [-0.3, -0.25) is 19.5 Å². The molecule has 29 heavy (non-hydrogen) atoms. The van der Waals surface area contributed by atoms with Crippen LogP contribution in [0.2, 0.25) is 10.0 Å². The van der Waals surface area contributed by atoms with Crippen molar-refractivity contribution in [3.05, 3.63) is 50.4 Å². The number of ether oxygens (including phenoxy) is 1. The number of hydrogen-bond donors (Lipinski definition) is 4. The molecule has 0 amide bonds. The number of H-pyrrole nitrogens is 1. The van der Waals surface area contributed by atoms with Crippen molar-refractivity contribution < 1.29 is 4.74 Å². The number of rotatable bonds is 9. The van der Waals surface area contributed by atoms with Gasteiger partial charge in [0.2, 0.25) is 5.95 Å². The molecule has 154 valence electrons. The molecule has 0 saturated heterocycles. The number of nitrogens with one attached hydrogen (secondary N) is 2. The Bertz CT molecular complexity index is 1070. The predicted octanol–water partition coefficient (Wildman–Crippen LogP) is 1.33. The summed E-state index contributed by atoms with van der Waals surface area (Å²) in [7, 11) is 0. The molecule has 3 rings (SSSR count). The number of aromatic amines is 1. The summed E-state index contributed by atoms with van der Waals surface area (Å²) >= 11 is 11.9. The van der Waals surface area contributed by atoms with Gasteiger partial charge in [0.25, 0.3) is 5.56 Å². The van der Waals surface area contributed by atoms with Gasteiger partial charge in [-0.1, -0.05) is 29.3 Å². The van der Waals surface area contributed by atoms with E-state index in [0.29, 0.717) is 59.9 Å². The van der Waals surface area contributed by atoms with Crippen LogP contribution in [0.5, 0.6) is 0 Å². The van der Waals surface area contributed by atoms with Gasteiger partial charge in [0, 0.05) is 6.54 Å². The number of anilines is 1. The lowest BCUT2D eigenvalue weighted by Gasteiger charge is -2.07. The number of halogens is 2. The molecule has 0 unspecified atom stereocenters. The monoisotopic (exact) mass is 438 g/mol. The van der Waals surface area contributed by atoms with E-state index in [1.807, 2.05) is 6.07 Å². The number of hydrogen-bond acceptors (Lipinski definition) is 6. The van der Waals surface area contributed by atoms with Crippen molar-refractivity contribution in [2.24, 2.45) is 16.5 Å². The molecule has 0 radical (unpaired) electrons. The van der Waals surface area contributed by atoms with E-state index < -0.39 is 0 Å². The van der Waals surface area contributed by atoms with Crippen LogP contribution in [0.25, 0.3) is 11.0 Å². The van der Waals surface area contributed by atoms with Crippen molar-refractivity contribution in [1.82, 2.24) is 19.7 Å². The molecular formula is C17H20Cl2N8O2. The highest BCUT2D eigenvalue weighted by atomic mass is 35.5. The first-order chi connectivity index (χ1) is 13.9. The van der Waals surface area contributed by atoms with E-state index in [1.165, 1.54) is 6.20 Å². The van der Waals surface area contributed by atoms with Gasteiger partial charge in [0.05, 0.1) is 42.5 Å². The Morgan fingerprint density at radius 3 is 2.86 bits per heavy atom. The van der Waals surface area contributed by atoms with Crippen molar-refractivity contribution in [2.45, 2.75) is 13.1 Å². The average molecular weight is 439 g/mol. The molecule has 2 aromatic heterocycles. The van der Waals surface area contributed by atoms with E-state index in [0.717, 1.165) is 5.56 Å². The number of fused-ring (bicyclic) bond motifs is 1. The van der Waals surface area contributed by atoms with Crippen LogP contribution < -0.4 is 22.3 Å². The highest BCUT2D eigenvalue weighted by Gasteiger charge is 2.10. The minimum absolute atomic E-state index is 0.0212. The van der Waals surface area contributed by atoms with Crippen molar-refractivity contribution >= 4 is 46.1 Å². The summed E-state index contributed by atoms with van der Waals surface area (Å²) in [6.07, 6.45) is 1.54. The highest BCUT2D eigenvalue weighted by molar-refractivity contribution is 6.42. The zero-order chi connectivity index (χ0) is 20.8. The average Bonchev–Trinajstić information content (AvgIpc) is 3.09. The standard InChI is InChI=1S/C17H20Cl2N8O2/c18-11-2-1-10(7-12(11)19)8-23-17-25-13-9-24-27(14(13)15(28)26-17)4-6-29-5-3-22-16(20)21/h1-2,7,9H,3-6,8H2,(H4,20,21,22)(H2,23,25,26,28). The van der Waals surface area contributed by atoms with Gasteiger partial charge < -0.3 is 21.5 Å². The number of aliphatic imine (C=N–C) groups is 1. The fraction of sp³-hybridized carbons (Fsp3) is 0.294. The molecule has 12 heteroatoms. The smallest absolute Gasteiger partial charge is 0.278 e. The summed E-state index contributed by atoms with van der Waals surface area (Å²) < 4.78 is 6.98. The fourth-order valence-corrected chi connectivity index (χ4v) is 2.91. The zero-order valence-electron chi connectivity index (χ0n) is 15.4. The largest absolute Gasteiger partial charge is 0.378 e. The van der Waals surface area contributed by atoms with Crippen LogP contribution >= 0.6 is 23.2 Å². The maximum absolute atomic E-state index is 12.5. The van der Waals surface area contributed by atoms with Crippen LogP contribution in [0.3, 0.4) is 0 Å². The Hall–Kier alpha value is -2.82. The van der Waals surface area contributed by atoms with Crippen LogP contribution in [-0.4, -0.2) is 45.5 Å². The predicted molar refractivity (Wildman–Crippen MR) is 113 cm³/mol. The van der Waals surface area contributed by atoms with Gasteiger partial charge in [-0.15, -0.1) is 0 Å².